The summed E-state index contributed by atoms with van der Waals surface area (Å²) in [5.74, 6) is -0.400. The first-order valence-electron chi connectivity index (χ1n) is 7.41. The van der Waals surface area contributed by atoms with Crippen molar-refractivity contribution < 1.29 is 17.9 Å². The average molecular weight is 346 g/mol. The summed E-state index contributed by atoms with van der Waals surface area (Å²) in [6, 6.07) is 9.77. The maximum absolute atomic E-state index is 12.8. The normalized spacial score (nSPS) is 15.2. The summed E-state index contributed by atoms with van der Waals surface area (Å²) in [6.07, 6.45) is 1.20. The van der Waals surface area contributed by atoms with E-state index in [1.807, 2.05) is 41.8 Å². The van der Waals surface area contributed by atoms with E-state index in [1.54, 1.807) is 6.92 Å². The molecule has 0 saturated carbocycles. The third-order valence-electron chi connectivity index (χ3n) is 4.24. The molecule has 1 aromatic heterocycles. The Labute approximate surface area is 140 Å². The number of anilines is 1. The Hall–Kier alpha value is -2.54. The van der Waals surface area contributed by atoms with Crippen molar-refractivity contribution in [1.29, 1.82) is 0 Å². The highest BCUT2D eigenvalue weighted by Crippen LogP contribution is 2.38. The van der Waals surface area contributed by atoms with Crippen LogP contribution in [0.5, 0.6) is 0 Å². The largest absolute Gasteiger partial charge is 0.465 e. The first-order chi connectivity index (χ1) is 11.4. The number of hydrogen-bond donors (Lipinski definition) is 1. The Morgan fingerprint density at radius 2 is 1.88 bits per heavy atom. The fourth-order valence-electron chi connectivity index (χ4n) is 2.86. The quantitative estimate of drug-likeness (QED) is 0.864. The molecular formula is C17H18N2O4S. The minimum Gasteiger partial charge on any atom is -0.465 e. The van der Waals surface area contributed by atoms with Crippen LogP contribution in [-0.2, 0) is 25.9 Å². The molecule has 0 atom stereocenters. The van der Waals surface area contributed by atoms with Crippen molar-refractivity contribution in [2.45, 2.75) is 25.3 Å². The number of benzene rings is 1. The molecular weight excluding hydrogens is 328 g/mol. The predicted octanol–water partition coefficient (Wildman–Crippen LogP) is 2.37. The zero-order valence-electron chi connectivity index (χ0n) is 13.7. The molecule has 0 fully saturated rings. The van der Waals surface area contributed by atoms with Gasteiger partial charge in [-0.1, -0.05) is 30.3 Å². The van der Waals surface area contributed by atoms with Crippen LogP contribution in [0.3, 0.4) is 0 Å². The molecule has 2 heterocycles. The molecule has 0 amide bonds. The number of hydrogen-bond acceptors (Lipinski definition) is 5. The van der Waals surface area contributed by atoms with Crippen LogP contribution in [0.25, 0.3) is 0 Å². The topological polar surface area (TPSA) is 77.4 Å². The van der Waals surface area contributed by atoms with Crippen LogP contribution in [-0.4, -0.2) is 26.1 Å². The molecule has 0 bridgehead atoms. The van der Waals surface area contributed by atoms with E-state index < -0.39 is 15.8 Å². The third-order valence-corrected chi connectivity index (χ3v) is 6.14. The maximum atomic E-state index is 12.8. The number of carbonyl (C=O) groups is 1. The van der Waals surface area contributed by atoms with Gasteiger partial charge in [0.1, 0.15) is 10.7 Å². The first kappa shape index (κ1) is 16.3. The van der Waals surface area contributed by atoms with Gasteiger partial charge in [-0.05, 0) is 25.0 Å². The van der Waals surface area contributed by atoms with Gasteiger partial charge >= 0.3 is 5.97 Å². The van der Waals surface area contributed by atoms with Crippen LogP contribution in [0.4, 0.5) is 5.82 Å². The van der Waals surface area contributed by atoms with Gasteiger partial charge in [0, 0.05) is 18.4 Å². The fraction of sp³-hybridized carbons (Fsp3) is 0.235. The van der Waals surface area contributed by atoms with Crippen LogP contribution in [0.2, 0.25) is 0 Å². The first-order valence-corrected chi connectivity index (χ1v) is 8.90. The smallest absolute Gasteiger partial charge is 0.351 e. The number of ether oxygens (including phenoxy) is 1. The van der Waals surface area contributed by atoms with Crippen molar-refractivity contribution in [3.8, 4) is 0 Å². The van der Waals surface area contributed by atoms with Gasteiger partial charge in [-0.15, -0.1) is 0 Å². The van der Waals surface area contributed by atoms with Crippen molar-refractivity contribution >= 4 is 21.6 Å². The molecule has 1 aliphatic rings. The Bertz CT molecular complexity index is 941. The monoisotopic (exact) mass is 346 g/mol. The summed E-state index contributed by atoms with van der Waals surface area (Å²) in [6.45, 7) is 4.15. The minimum absolute atomic E-state index is 0.138. The number of nitrogens with zero attached hydrogens (tertiary/aromatic N) is 1. The molecule has 0 unspecified atom stereocenters. The number of fused-ring (bicyclic) bond motifs is 1. The van der Waals surface area contributed by atoms with E-state index >= 15 is 0 Å². The molecule has 1 N–H and O–H groups in total. The van der Waals surface area contributed by atoms with Crippen LogP contribution >= 0.6 is 0 Å². The molecule has 3 rings (SSSR count). The summed E-state index contributed by atoms with van der Waals surface area (Å²) < 4.78 is 32.1. The van der Waals surface area contributed by atoms with E-state index in [0.29, 0.717) is 17.9 Å². The van der Waals surface area contributed by atoms with E-state index in [1.165, 1.54) is 6.20 Å². The number of rotatable bonds is 3. The Morgan fingerprint density at radius 3 is 2.50 bits per heavy atom. The van der Waals surface area contributed by atoms with Crippen LogP contribution in [0.15, 0.2) is 46.3 Å². The predicted molar refractivity (Wildman–Crippen MR) is 90.4 cm³/mol. The van der Waals surface area contributed by atoms with E-state index in [0.717, 1.165) is 18.4 Å². The highest BCUT2D eigenvalue weighted by molar-refractivity contribution is 7.96. The lowest BCUT2D eigenvalue weighted by Crippen LogP contribution is -2.22. The summed E-state index contributed by atoms with van der Waals surface area (Å²) in [7, 11) is -2.76. The molecule has 0 saturated heterocycles. The molecule has 0 spiro atoms. The van der Waals surface area contributed by atoms with Gasteiger partial charge in [0.2, 0.25) is 9.84 Å². The molecule has 0 radical (unpaired) electrons. The molecule has 0 aliphatic carbocycles. The van der Waals surface area contributed by atoms with Gasteiger partial charge in [0.05, 0.1) is 7.11 Å². The number of esters is 1. The van der Waals surface area contributed by atoms with Gasteiger partial charge < -0.3 is 14.6 Å². The molecule has 6 nitrogen and oxygen atoms in total. The summed E-state index contributed by atoms with van der Waals surface area (Å²) in [5, 5.41) is 2.96. The van der Waals surface area contributed by atoms with Crippen molar-refractivity contribution in [1.82, 2.24) is 4.57 Å². The highest BCUT2D eigenvalue weighted by Gasteiger charge is 2.37. The van der Waals surface area contributed by atoms with Crippen molar-refractivity contribution in [3.63, 3.8) is 0 Å². The lowest BCUT2D eigenvalue weighted by atomic mass is 10.2. The summed E-state index contributed by atoms with van der Waals surface area (Å²) in [4.78, 5) is 11.5. The maximum Gasteiger partial charge on any atom is 0.351 e. The summed E-state index contributed by atoms with van der Waals surface area (Å²) in [5.41, 5.74) is 2.52. The number of carbonyl (C=O) groups excluding carboxylic acids is 1. The van der Waals surface area contributed by atoms with Gasteiger partial charge in [0.25, 0.3) is 0 Å². The van der Waals surface area contributed by atoms with Gasteiger partial charge in [-0.3, -0.25) is 0 Å². The van der Waals surface area contributed by atoms with Crippen molar-refractivity contribution in [2.75, 3.05) is 12.4 Å². The number of nitrogens with one attached hydrogen (secondary N) is 1. The van der Waals surface area contributed by atoms with Crippen LogP contribution < -0.4 is 5.32 Å². The lowest BCUT2D eigenvalue weighted by molar-refractivity contribution is -0.135. The van der Waals surface area contributed by atoms with Crippen LogP contribution in [0.1, 0.15) is 16.8 Å². The molecule has 7 heteroatoms. The van der Waals surface area contributed by atoms with Gasteiger partial charge in [-0.25, -0.2) is 13.2 Å². The minimum atomic E-state index is -3.92. The second kappa shape index (κ2) is 5.83. The second-order valence-electron chi connectivity index (χ2n) is 5.61. The zero-order chi connectivity index (χ0) is 17.5. The molecule has 126 valence electrons. The number of methoxy groups -OCH3 is 1. The van der Waals surface area contributed by atoms with Crippen LogP contribution in [0, 0.1) is 13.8 Å². The van der Waals surface area contributed by atoms with Crippen molar-refractivity contribution in [3.05, 3.63) is 58.3 Å². The SMILES string of the molecule is COC(=O)C1=CNc2c(c(C)c(C)n2Cc2ccccc2)S1(=O)=O. The van der Waals surface area contributed by atoms with E-state index in [2.05, 4.69) is 10.1 Å². The Kier molecular flexibility index (Phi) is 3.96. The standard InChI is InChI=1S/C17H18N2O4S/c1-11-12(2)19(10-13-7-5-4-6-8-13)16-15(11)24(21,22)14(9-18-16)17(20)23-3/h4-9,18H,10H2,1-3H3. The molecule has 24 heavy (non-hydrogen) atoms. The number of sulfone groups is 1. The Balaban J connectivity index is 2.14. The van der Waals surface area contributed by atoms with E-state index in [4.69, 9.17) is 0 Å². The van der Waals surface area contributed by atoms with E-state index in [9.17, 15) is 13.2 Å². The molecule has 2 aromatic rings. The average Bonchev–Trinajstić information content (AvgIpc) is 2.81. The Morgan fingerprint density at radius 1 is 1.21 bits per heavy atom. The lowest BCUT2D eigenvalue weighted by Gasteiger charge is -2.18. The van der Waals surface area contributed by atoms with E-state index in [-0.39, 0.29) is 9.80 Å². The van der Waals surface area contributed by atoms with Gasteiger partial charge in [-0.2, -0.15) is 0 Å². The van der Waals surface area contributed by atoms with Crippen molar-refractivity contribution in [2.24, 2.45) is 0 Å². The van der Waals surface area contributed by atoms with Gasteiger partial charge in [0.15, 0.2) is 4.91 Å². The zero-order valence-corrected chi connectivity index (χ0v) is 14.5. The third kappa shape index (κ3) is 2.41. The summed E-state index contributed by atoms with van der Waals surface area (Å²) >= 11 is 0. The second-order valence-corrected chi connectivity index (χ2v) is 7.46. The fourth-order valence-corrected chi connectivity index (χ4v) is 4.57. The molecule has 1 aliphatic heterocycles. The number of aromatic nitrogens is 1. The highest BCUT2D eigenvalue weighted by atomic mass is 32.2. The molecule has 1 aromatic carbocycles.